The Kier molecular flexibility index (Phi) is 7.44. The lowest BCUT2D eigenvalue weighted by molar-refractivity contribution is 0.447. The van der Waals surface area contributed by atoms with Crippen LogP contribution < -0.4 is 0 Å². The smallest absolute Gasteiger partial charge is 0.194 e. The second-order valence-electron chi connectivity index (χ2n) is 8.15. The standard InChI is InChI=1S/C30H20F6/c1-2-3-4-25(31)29(35)21-11-9-19(10-12-21)18-5-7-20(8-6-18)22-13-14-24(26(32)15-22)23-16-27(33)30(36)28(34)17-23/h2,5-17H,1,3-4H2. The summed E-state index contributed by atoms with van der Waals surface area (Å²) in [5.74, 6) is -6.83. The molecule has 4 aromatic carbocycles. The van der Waals surface area contributed by atoms with E-state index in [4.69, 9.17) is 0 Å². The molecule has 0 heterocycles. The molecule has 0 N–H and O–H groups in total. The highest BCUT2D eigenvalue weighted by Crippen LogP contribution is 2.32. The van der Waals surface area contributed by atoms with Crippen molar-refractivity contribution in [2.24, 2.45) is 0 Å². The third kappa shape index (κ3) is 5.28. The van der Waals surface area contributed by atoms with Gasteiger partial charge in [-0.1, -0.05) is 66.7 Å². The van der Waals surface area contributed by atoms with Gasteiger partial charge in [-0.2, -0.15) is 0 Å². The van der Waals surface area contributed by atoms with Crippen LogP contribution in [0.5, 0.6) is 0 Å². The van der Waals surface area contributed by atoms with Crippen molar-refractivity contribution < 1.29 is 26.3 Å². The first-order valence-electron chi connectivity index (χ1n) is 11.1. The molecular formula is C30H20F6. The third-order valence-corrected chi connectivity index (χ3v) is 5.76. The number of hydrogen-bond donors (Lipinski definition) is 0. The summed E-state index contributed by atoms with van der Waals surface area (Å²) >= 11 is 0. The first-order valence-corrected chi connectivity index (χ1v) is 11.1. The fraction of sp³-hybridized carbons (Fsp3) is 0.0667. The van der Waals surface area contributed by atoms with E-state index >= 15 is 0 Å². The van der Waals surface area contributed by atoms with Gasteiger partial charge in [0.15, 0.2) is 23.3 Å². The first-order chi connectivity index (χ1) is 17.3. The maximum absolute atomic E-state index is 14.8. The Morgan fingerprint density at radius 1 is 0.611 bits per heavy atom. The van der Waals surface area contributed by atoms with Crippen LogP contribution in [0.25, 0.3) is 39.2 Å². The fourth-order valence-electron chi connectivity index (χ4n) is 3.80. The lowest BCUT2D eigenvalue weighted by Gasteiger charge is -2.09. The minimum atomic E-state index is -1.61. The maximum atomic E-state index is 14.8. The highest BCUT2D eigenvalue weighted by atomic mass is 19.2. The third-order valence-electron chi connectivity index (χ3n) is 5.76. The molecule has 182 valence electrons. The molecule has 4 rings (SSSR count). The van der Waals surface area contributed by atoms with Crippen LogP contribution in [0.15, 0.2) is 97.3 Å². The molecule has 0 bridgehead atoms. The molecule has 0 amide bonds. The van der Waals surface area contributed by atoms with E-state index in [1.807, 2.05) is 0 Å². The highest BCUT2D eigenvalue weighted by Gasteiger charge is 2.15. The lowest BCUT2D eigenvalue weighted by atomic mass is 9.97. The predicted octanol–water partition coefficient (Wildman–Crippen LogP) is 9.82. The second-order valence-corrected chi connectivity index (χ2v) is 8.15. The topological polar surface area (TPSA) is 0 Å². The summed E-state index contributed by atoms with van der Waals surface area (Å²) in [5, 5.41) is 0. The van der Waals surface area contributed by atoms with Crippen molar-refractivity contribution >= 4 is 5.83 Å². The Morgan fingerprint density at radius 3 is 1.61 bits per heavy atom. The van der Waals surface area contributed by atoms with Crippen LogP contribution in [-0.2, 0) is 0 Å². The lowest BCUT2D eigenvalue weighted by Crippen LogP contribution is -1.94. The van der Waals surface area contributed by atoms with E-state index < -0.39 is 34.9 Å². The fourth-order valence-corrected chi connectivity index (χ4v) is 3.80. The molecule has 0 unspecified atom stereocenters. The average Bonchev–Trinajstić information content (AvgIpc) is 2.89. The molecule has 0 aliphatic carbocycles. The average molecular weight is 494 g/mol. The van der Waals surface area contributed by atoms with Crippen LogP contribution in [0.3, 0.4) is 0 Å². The van der Waals surface area contributed by atoms with E-state index in [9.17, 15) is 26.3 Å². The van der Waals surface area contributed by atoms with Crippen LogP contribution in [0, 0.1) is 23.3 Å². The van der Waals surface area contributed by atoms with Crippen LogP contribution in [0.4, 0.5) is 26.3 Å². The number of allylic oxidation sites excluding steroid dienone is 2. The van der Waals surface area contributed by atoms with E-state index in [1.54, 1.807) is 42.5 Å². The molecule has 36 heavy (non-hydrogen) atoms. The Balaban J connectivity index is 1.55. The van der Waals surface area contributed by atoms with Crippen molar-refractivity contribution in [3.63, 3.8) is 0 Å². The van der Waals surface area contributed by atoms with E-state index in [0.29, 0.717) is 17.5 Å². The summed E-state index contributed by atoms with van der Waals surface area (Å²) in [7, 11) is 0. The van der Waals surface area contributed by atoms with Gasteiger partial charge < -0.3 is 0 Å². The molecule has 0 aromatic heterocycles. The van der Waals surface area contributed by atoms with E-state index in [-0.39, 0.29) is 23.1 Å². The Labute approximate surface area is 204 Å². The van der Waals surface area contributed by atoms with Gasteiger partial charge in [-0.25, -0.2) is 26.3 Å². The quantitative estimate of drug-likeness (QED) is 0.136. The molecule has 0 saturated carbocycles. The molecule has 0 aliphatic heterocycles. The zero-order valence-electron chi connectivity index (χ0n) is 19.0. The highest BCUT2D eigenvalue weighted by molar-refractivity contribution is 5.74. The molecule has 0 fully saturated rings. The summed E-state index contributed by atoms with van der Waals surface area (Å²) < 4.78 is 83.2. The zero-order valence-corrected chi connectivity index (χ0v) is 19.0. The Morgan fingerprint density at radius 2 is 1.08 bits per heavy atom. The number of rotatable bonds is 7. The van der Waals surface area contributed by atoms with Gasteiger partial charge in [0.1, 0.15) is 11.6 Å². The summed E-state index contributed by atoms with van der Waals surface area (Å²) in [6.45, 7) is 3.50. The Bertz CT molecular complexity index is 1410. The molecule has 0 aliphatic rings. The van der Waals surface area contributed by atoms with Crippen molar-refractivity contribution in [3.05, 3.63) is 126 Å². The van der Waals surface area contributed by atoms with Gasteiger partial charge in [-0.05, 0) is 52.4 Å². The zero-order chi connectivity index (χ0) is 25.8. The van der Waals surface area contributed by atoms with Gasteiger partial charge in [0.05, 0.1) is 0 Å². The van der Waals surface area contributed by atoms with Gasteiger partial charge in [-0.3, -0.25) is 0 Å². The van der Waals surface area contributed by atoms with Crippen molar-refractivity contribution in [2.75, 3.05) is 0 Å². The molecule has 0 atom stereocenters. The SMILES string of the molecule is C=CCCC(F)=C(F)c1ccc(-c2ccc(-c3ccc(-c4cc(F)c(F)c(F)c4)c(F)c3)cc2)cc1. The molecule has 0 spiro atoms. The molecule has 0 nitrogen and oxygen atoms in total. The summed E-state index contributed by atoms with van der Waals surface area (Å²) in [4.78, 5) is 0. The summed E-state index contributed by atoms with van der Waals surface area (Å²) in [6.07, 6.45) is 1.83. The molecule has 0 saturated heterocycles. The van der Waals surface area contributed by atoms with Gasteiger partial charge in [0.2, 0.25) is 0 Å². The molecular weight excluding hydrogens is 474 g/mol. The Hall–Kier alpha value is -4.06. The van der Waals surface area contributed by atoms with E-state index in [1.165, 1.54) is 30.3 Å². The van der Waals surface area contributed by atoms with E-state index in [0.717, 1.165) is 23.3 Å². The molecule has 0 radical (unpaired) electrons. The molecule has 6 heteroatoms. The minimum absolute atomic E-state index is 0.0439. The first kappa shape index (κ1) is 25.0. The second kappa shape index (κ2) is 10.7. The predicted molar refractivity (Wildman–Crippen MR) is 131 cm³/mol. The summed E-state index contributed by atoms with van der Waals surface area (Å²) in [5.41, 5.74) is 2.80. The number of halogens is 6. The monoisotopic (exact) mass is 494 g/mol. The van der Waals surface area contributed by atoms with Gasteiger partial charge >= 0.3 is 0 Å². The number of benzene rings is 4. The van der Waals surface area contributed by atoms with Gasteiger partial charge in [0, 0.05) is 17.5 Å². The van der Waals surface area contributed by atoms with Crippen LogP contribution in [0.2, 0.25) is 0 Å². The largest absolute Gasteiger partial charge is 0.209 e. The maximum Gasteiger partial charge on any atom is 0.194 e. The van der Waals surface area contributed by atoms with Crippen molar-refractivity contribution in [1.82, 2.24) is 0 Å². The molecule has 4 aromatic rings. The normalized spacial score (nSPS) is 11.8. The van der Waals surface area contributed by atoms with Crippen LogP contribution >= 0.6 is 0 Å². The summed E-state index contributed by atoms with van der Waals surface area (Å²) in [6, 6.07) is 19.2. The van der Waals surface area contributed by atoms with Crippen molar-refractivity contribution in [2.45, 2.75) is 12.8 Å². The van der Waals surface area contributed by atoms with Crippen LogP contribution in [-0.4, -0.2) is 0 Å². The number of hydrogen-bond acceptors (Lipinski definition) is 0. The van der Waals surface area contributed by atoms with Crippen molar-refractivity contribution in [3.8, 4) is 33.4 Å². The van der Waals surface area contributed by atoms with Crippen LogP contribution in [0.1, 0.15) is 18.4 Å². The minimum Gasteiger partial charge on any atom is -0.209 e. The van der Waals surface area contributed by atoms with Crippen molar-refractivity contribution in [1.29, 1.82) is 0 Å². The van der Waals surface area contributed by atoms with Gasteiger partial charge in [0.25, 0.3) is 0 Å². The van der Waals surface area contributed by atoms with Gasteiger partial charge in [-0.15, -0.1) is 6.58 Å². The van der Waals surface area contributed by atoms with E-state index in [2.05, 4.69) is 6.58 Å².